The van der Waals surface area contributed by atoms with Crippen LogP contribution >= 0.6 is 0 Å². The molecule has 1 aromatic heterocycles. The van der Waals surface area contributed by atoms with E-state index in [1.54, 1.807) is 0 Å². The number of aromatic nitrogens is 1. The summed E-state index contributed by atoms with van der Waals surface area (Å²) in [5.74, 6) is 0. The molecule has 12 rings (SSSR count). The predicted octanol–water partition coefficient (Wildman–Crippen LogP) is 14.1. The zero-order valence-electron chi connectivity index (χ0n) is 37.0. The predicted molar refractivity (Wildman–Crippen MR) is 287 cm³/mol. The lowest BCUT2D eigenvalue weighted by molar-refractivity contribution is 1.18. The first-order valence-corrected chi connectivity index (χ1v) is 25.1. The molecule has 0 N–H and O–H groups in total. The van der Waals surface area contributed by atoms with Gasteiger partial charge in [-0.2, -0.15) is 0 Å². The van der Waals surface area contributed by atoms with E-state index in [2.05, 4.69) is 289 Å². The Bertz CT molecular complexity index is 3480. The van der Waals surface area contributed by atoms with Crippen LogP contribution in [-0.2, 0) is 0 Å². The van der Waals surface area contributed by atoms with Crippen molar-refractivity contribution in [2.75, 3.05) is 4.90 Å². The molecule has 0 saturated carbocycles. The van der Waals surface area contributed by atoms with E-state index in [0.717, 1.165) is 22.7 Å². The van der Waals surface area contributed by atoms with E-state index in [-0.39, 0.29) is 0 Å². The lowest BCUT2D eigenvalue weighted by atomic mass is 9.98. The monoisotopic (exact) mass is 870 g/mol. The van der Waals surface area contributed by atoms with Gasteiger partial charge in [0.2, 0.25) is 0 Å². The first-order valence-electron chi connectivity index (χ1n) is 23.1. The average Bonchev–Trinajstić information content (AvgIpc) is 3.75. The van der Waals surface area contributed by atoms with Crippen LogP contribution in [-0.4, -0.2) is 12.6 Å². The second-order valence-corrected chi connectivity index (χ2v) is 21.1. The van der Waals surface area contributed by atoms with Crippen LogP contribution in [0.5, 0.6) is 0 Å². The molecule has 0 spiro atoms. The molecule has 316 valence electrons. The SMILES string of the molecule is c1ccc([Si](c2ccccc2)(c2ccccc2)c2ccc(N(c3ccc(-c4ccc(-n5c6ccccc6c6ccccc65)cc4)cc3)c3ccc(-c4cccc5ccccc45)cc3)cc2)cc1. The highest BCUT2D eigenvalue weighted by molar-refractivity contribution is 7.19. The Morgan fingerprint density at radius 1 is 0.269 bits per heavy atom. The fourth-order valence-electron chi connectivity index (χ4n) is 10.4. The molecule has 0 amide bonds. The highest BCUT2D eigenvalue weighted by Crippen LogP contribution is 2.38. The zero-order valence-corrected chi connectivity index (χ0v) is 38.0. The van der Waals surface area contributed by atoms with Gasteiger partial charge in [0, 0.05) is 33.5 Å². The van der Waals surface area contributed by atoms with Gasteiger partial charge < -0.3 is 9.47 Å². The summed E-state index contributed by atoms with van der Waals surface area (Å²) < 4.78 is 2.37. The molecular formula is C64H46N2Si. The molecule has 0 radical (unpaired) electrons. The third-order valence-corrected chi connectivity index (χ3v) is 18.4. The molecule has 3 heteroatoms. The van der Waals surface area contributed by atoms with E-state index in [4.69, 9.17) is 0 Å². The molecule has 0 saturated heterocycles. The minimum Gasteiger partial charge on any atom is -0.311 e. The van der Waals surface area contributed by atoms with Crippen LogP contribution in [0.25, 0.3) is 60.5 Å². The summed E-state index contributed by atoms with van der Waals surface area (Å²) in [5, 5.41) is 10.5. The Labute approximate surface area is 392 Å². The Morgan fingerprint density at radius 3 is 1.15 bits per heavy atom. The lowest BCUT2D eigenvalue weighted by Crippen LogP contribution is -2.74. The van der Waals surface area contributed by atoms with Crippen molar-refractivity contribution in [2.24, 2.45) is 0 Å². The van der Waals surface area contributed by atoms with Crippen LogP contribution in [0, 0.1) is 0 Å². The molecule has 12 aromatic rings. The molecule has 67 heavy (non-hydrogen) atoms. The number of fused-ring (bicyclic) bond motifs is 4. The van der Waals surface area contributed by atoms with Gasteiger partial charge in [-0.3, -0.25) is 0 Å². The zero-order chi connectivity index (χ0) is 44.6. The van der Waals surface area contributed by atoms with E-state index in [0.29, 0.717) is 0 Å². The van der Waals surface area contributed by atoms with Crippen LogP contribution in [0.1, 0.15) is 0 Å². The van der Waals surface area contributed by atoms with Crippen molar-refractivity contribution in [3.63, 3.8) is 0 Å². The largest absolute Gasteiger partial charge is 0.311 e. The van der Waals surface area contributed by atoms with Crippen LogP contribution in [0.15, 0.2) is 279 Å². The summed E-state index contributed by atoms with van der Waals surface area (Å²) in [4.78, 5) is 2.39. The Morgan fingerprint density at radius 2 is 0.642 bits per heavy atom. The van der Waals surface area contributed by atoms with Crippen molar-refractivity contribution in [1.29, 1.82) is 0 Å². The van der Waals surface area contributed by atoms with E-state index >= 15 is 0 Å². The molecule has 0 aliphatic heterocycles. The quantitative estimate of drug-likeness (QED) is 0.0982. The lowest BCUT2D eigenvalue weighted by Gasteiger charge is -2.35. The van der Waals surface area contributed by atoms with Crippen molar-refractivity contribution < 1.29 is 0 Å². The third kappa shape index (κ3) is 7.05. The minimum atomic E-state index is -2.70. The second-order valence-electron chi connectivity index (χ2n) is 17.3. The van der Waals surface area contributed by atoms with E-state index < -0.39 is 8.07 Å². The van der Waals surface area contributed by atoms with Crippen molar-refractivity contribution in [3.8, 4) is 27.9 Å². The van der Waals surface area contributed by atoms with Crippen LogP contribution in [0.2, 0.25) is 0 Å². The number of hydrogen-bond acceptors (Lipinski definition) is 1. The van der Waals surface area contributed by atoms with Gasteiger partial charge in [0.25, 0.3) is 0 Å². The van der Waals surface area contributed by atoms with Crippen molar-refractivity contribution >= 4 is 78.5 Å². The first-order chi connectivity index (χ1) is 33.2. The summed E-state index contributed by atoms with van der Waals surface area (Å²) in [6.07, 6.45) is 0. The number of rotatable bonds is 10. The maximum Gasteiger partial charge on any atom is 0.179 e. The summed E-state index contributed by atoms with van der Waals surface area (Å²) in [5.41, 5.74) is 11.6. The Balaban J connectivity index is 0.948. The molecule has 0 fully saturated rings. The van der Waals surface area contributed by atoms with Gasteiger partial charge in [0.1, 0.15) is 0 Å². The topological polar surface area (TPSA) is 8.17 Å². The summed E-state index contributed by atoms with van der Waals surface area (Å²) in [7, 11) is -2.70. The van der Waals surface area contributed by atoms with Gasteiger partial charge in [0.05, 0.1) is 11.0 Å². The van der Waals surface area contributed by atoms with E-state index in [1.807, 2.05) is 0 Å². The maximum absolute atomic E-state index is 2.70. The van der Waals surface area contributed by atoms with Crippen molar-refractivity contribution in [1.82, 2.24) is 4.57 Å². The Kier molecular flexibility index (Phi) is 10.2. The molecule has 0 aliphatic rings. The molecule has 0 aliphatic carbocycles. The number of benzene rings is 11. The van der Waals surface area contributed by atoms with Gasteiger partial charge in [-0.1, -0.05) is 218 Å². The first kappa shape index (κ1) is 40.0. The molecule has 1 heterocycles. The highest BCUT2D eigenvalue weighted by atomic mass is 28.3. The van der Waals surface area contributed by atoms with Gasteiger partial charge in [-0.25, -0.2) is 0 Å². The third-order valence-electron chi connectivity index (χ3n) is 13.6. The highest BCUT2D eigenvalue weighted by Gasteiger charge is 2.41. The maximum atomic E-state index is 2.39. The van der Waals surface area contributed by atoms with Gasteiger partial charge in [-0.15, -0.1) is 0 Å². The molecule has 11 aromatic carbocycles. The number of nitrogens with zero attached hydrogens (tertiary/aromatic N) is 2. The van der Waals surface area contributed by atoms with Crippen LogP contribution < -0.4 is 25.6 Å². The molecule has 2 nitrogen and oxygen atoms in total. The smallest absolute Gasteiger partial charge is 0.179 e. The fourth-order valence-corrected chi connectivity index (χ4v) is 15.2. The Hall–Kier alpha value is -8.50. The van der Waals surface area contributed by atoms with Crippen LogP contribution in [0.4, 0.5) is 17.1 Å². The molecule has 0 atom stereocenters. The van der Waals surface area contributed by atoms with E-state index in [9.17, 15) is 0 Å². The average molecular weight is 871 g/mol. The van der Waals surface area contributed by atoms with Gasteiger partial charge >= 0.3 is 0 Å². The van der Waals surface area contributed by atoms with E-state index in [1.165, 1.54) is 75.6 Å². The van der Waals surface area contributed by atoms with Crippen LogP contribution in [0.3, 0.4) is 0 Å². The fraction of sp³-hybridized carbons (Fsp3) is 0. The number of para-hydroxylation sites is 2. The van der Waals surface area contributed by atoms with Gasteiger partial charge in [0.15, 0.2) is 8.07 Å². The summed E-state index contributed by atoms with van der Waals surface area (Å²) >= 11 is 0. The summed E-state index contributed by atoms with van der Waals surface area (Å²) in [6.45, 7) is 0. The molecule has 0 unspecified atom stereocenters. The number of hydrogen-bond donors (Lipinski definition) is 0. The second kappa shape index (κ2) is 17.1. The number of anilines is 3. The normalized spacial score (nSPS) is 11.6. The van der Waals surface area contributed by atoms with Gasteiger partial charge in [-0.05, 0) is 114 Å². The molecule has 0 bridgehead atoms. The summed E-state index contributed by atoms with van der Waals surface area (Å²) in [6, 6.07) is 103. The molecular weight excluding hydrogens is 825 g/mol. The standard InChI is InChI=1S/C64H46N2Si/c1-4-19-55(20-5-1)67(56-21-6-2-7-22-56,57-23-8-3-9-24-57)58-45-43-53(44-46-58)65(52-41-35-50(36-42-52)60-28-16-18-49-17-10-11-25-59(49)60)51-37-31-47(32-38-51)48-33-39-54(40-34-48)66-63-29-14-12-26-61(63)62-27-13-15-30-64(62)66/h1-46H. The minimum absolute atomic E-state index is 1.09. The van der Waals surface area contributed by atoms with Crippen molar-refractivity contribution in [3.05, 3.63) is 279 Å². The van der Waals surface area contributed by atoms with Crippen molar-refractivity contribution in [2.45, 2.75) is 0 Å².